The molecule has 1 nitrogen and oxygen atoms in total. The number of benzene rings is 1. The molecule has 0 saturated heterocycles. The molecular formula is C12H12BrN. The number of allylic oxidation sites excluding steroid dienone is 1. The van der Waals surface area contributed by atoms with Crippen LogP contribution < -0.4 is 0 Å². The van der Waals surface area contributed by atoms with Crippen molar-refractivity contribution < 1.29 is 0 Å². The largest absolute Gasteiger partial charge is 0.192 e. The van der Waals surface area contributed by atoms with Gasteiger partial charge in [-0.25, -0.2) is 0 Å². The van der Waals surface area contributed by atoms with Crippen LogP contribution in [-0.2, 0) is 0 Å². The second-order valence-electron chi connectivity index (χ2n) is 3.19. The molecule has 0 spiro atoms. The van der Waals surface area contributed by atoms with Gasteiger partial charge in [0.15, 0.2) is 0 Å². The molecule has 0 unspecified atom stereocenters. The van der Waals surface area contributed by atoms with E-state index in [9.17, 15) is 0 Å². The molecule has 0 bridgehead atoms. The average Bonchev–Trinajstić information content (AvgIpc) is 2.20. The van der Waals surface area contributed by atoms with Crippen molar-refractivity contribution in [3.63, 3.8) is 0 Å². The molecule has 0 aliphatic rings. The van der Waals surface area contributed by atoms with Crippen LogP contribution in [0, 0.1) is 11.3 Å². The first kappa shape index (κ1) is 11.0. The number of rotatable bonds is 2. The van der Waals surface area contributed by atoms with Crippen molar-refractivity contribution in [3.8, 4) is 6.07 Å². The first-order valence-electron chi connectivity index (χ1n) is 4.54. The Morgan fingerprint density at radius 2 is 2.29 bits per heavy atom. The molecule has 0 aromatic heterocycles. The summed E-state index contributed by atoms with van der Waals surface area (Å²) in [4.78, 5) is 0. The van der Waals surface area contributed by atoms with E-state index in [0.717, 1.165) is 16.5 Å². The van der Waals surface area contributed by atoms with Crippen molar-refractivity contribution in [2.45, 2.75) is 20.3 Å². The lowest BCUT2D eigenvalue weighted by Gasteiger charge is -2.00. The van der Waals surface area contributed by atoms with E-state index in [2.05, 4.69) is 41.9 Å². The Balaban J connectivity index is 3.17. The molecule has 0 amide bonds. The minimum atomic E-state index is 0.715. The number of nitriles is 1. The highest BCUT2D eigenvalue weighted by Crippen LogP contribution is 2.19. The lowest BCUT2D eigenvalue weighted by molar-refractivity contribution is 1.11. The Kier molecular flexibility index (Phi) is 3.91. The van der Waals surface area contributed by atoms with Crippen LogP contribution in [-0.4, -0.2) is 0 Å². The first-order valence-corrected chi connectivity index (χ1v) is 5.33. The van der Waals surface area contributed by atoms with Gasteiger partial charge in [0.2, 0.25) is 0 Å². The van der Waals surface area contributed by atoms with Crippen LogP contribution in [0.5, 0.6) is 0 Å². The summed E-state index contributed by atoms with van der Waals surface area (Å²) in [6, 6.07) is 7.95. The Labute approximate surface area is 93.2 Å². The Bertz CT molecular complexity index is 399. The van der Waals surface area contributed by atoms with Crippen molar-refractivity contribution in [1.29, 1.82) is 5.26 Å². The van der Waals surface area contributed by atoms with Crippen LogP contribution >= 0.6 is 15.9 Å². The Morgan fingerprint density at radius 1 is 1.57 bits per heavy atom. The third-order valence-electron chi connectivity index (χ3n) is 2.10. The minimum Gasteiger partial charge on any atom is -0.192 e. The fourth-order valence-electron chi connectivity index (χ4n) is 1.12. The summed E-state index contributed by atoms with van der Waals surface area (Å²) < 4.78 is 0.945. The molecule has 1 aromatic rings. The van der Waals surface area contributed by atoms with E-state index in [-0.39, 0.29) is 0 Å². The fourth-order valence-corrected chi connectivity index (χ4v) is 1.48. The van der Waals surface area contributed by atoms with Gasteiger partial charge in [-0.3, -0.25) is 0 Å². The van der Waals surface area contributed by atoms with E-state index >= 15 is 0 Å². The van der Waals surface area contributed by atoms with Crippen molar-refractivity contribution in [2.24, 2.45) is 0 Å². The van der Waals surface area contributed by atoms with Gasteiger partial charge in [0.25, 0.3) is 0 Å². The predicted octanol–water partition coefficient (Wildman–Crippen LogP) is 4.13. The highest BCUT2D eigenvalue weighted by atomic mass is 79.9. The summed E-state index contributed by atoms with van der Waals surface area (Å²) in [5.74, 6) is 0. The molecule has 0 N–H and O–H groups in total. The Hall–Kier alpha value is -1.07. The summed E-state index contributed by atoms with van der Waals surface area (Å²) in [6.45, 7) is 4.18. The number of hydrogen-bond acceptors (Lipinski definition) is 1. The number of hydrogen-bond donors (Lipinski definition) is 0. The van der Waals surface area contributed by atoms with E-state index in [1.807, 2.05) is 18.2 Å². The molecular weight excluding hydrogens is 238 g/mol. The second-order valence-corrected chi connectivity index (χ2v) is 4.10. The van der Waals surface area contributed by atoms with Crippen molar-refractivity contribution in [2.75, 3.05) is 0 Å². The van der Waals surface area contributed by atoms with E-state index in [1.54, 1.807) is 0 Å². The zero-order valence-corrected chi connectivity index (χ0v) is 9.93. The van der Waals surface area contributed by atoms with E-state index in [1.165, 1.54) is 5.57 Å². The second kappa shape index (κ2) is 4.97. The monoisotopic (exact) mass is 249 g/mol. The summed E-state index contributed by atoms with van der Waals surface area (Å²) in [6.07, 6.45) is 3.08. The molecule has 1 aromatic carbocycles. The van der Waals surface area contributed by atoms with Gasteiger partial charge in [-0.15, -0.1) is 0 Å². The third kappa shape index (κ3) is 2.71. The highest BCUT2D eigenvalue weighted by molar-refractivity contribution is 9.10. The molecule has 0 saturated carbocycles. The van der Waals surface area contributed by atoms with Gasteiger partial charge in [-0.2, -0.15) is 5.26 Å². The van der Waals surface area contributed by atoms with Crippen LogP contribution in [0.25, 0.3) is 6.08 Å². The van der Waals surface area contributed by atoms with E-state index in [0.29, 0.717) is 5.56 Å². The molecule has 14 heavy (non-hydrogen) atoms. The topological polar surface area (TPSA) is 23.8 Å². The maximum Gasteiger partial charge on any atom is 0.0998 e. The van der Waals surface area contributed by atoms with E-state index < -0.39 is 0 Å². The molecule has 0 heterocycles. The van der Waals surface area contributed by atoms with Crippen molar-refractivity contribution in [3.05, 3.63) is 39.4 Å². The van der Waals surface area contributed by atoms with Gasteiger partial charge in [0.05, 0.1) is 11.6 Å². The number of nitrogens with zero attached hydrogens (tertiary/aromatic N) is 1. The smallest absolute Gasteiger partial charge is 0.0998 e. The van der Waals surface area contributed by atoms with Crippen LogP contribution in [0.1, 0.15) is 31.4 Å². The predicted molar refractivity (Wildman–Crippen MR) is 62.8 cm³/mol. The normalized spacial score (nSPS) is 11.1. The lowest BCUT2D eigenvalue weighted by Crippen LogP contribution is -1.83. The van der Waals surface area contributed by atoms with Crippen LogP contribution in [0.15, 0.2) is 28.2 Å². The van der Waals surface area contributed by atoms with Gasteiger partial charge < -0.3 is 0 Å². The SMILES string of the molecule is CC/C(C)=C\c1ccc(Br)cc1C#N. The standard InChI is InChI=1S/C12H12BrN/c1-3-9(2)6-10-4-5-12(13)7-11(10)8-14/h4-7H,3H2,1-2H3/b9-6-. The van der Waals surface area contributed by atoms with Crippen LogP contribution in [0.3, 0.4) is 0 Å². The third-order valence-corrected chi connectivity index (χ3v) is 2.59. The molecule has 0 aliphatic heterocycles. The lowest BCUT2D eigenvalue weighted by atomic mass is 10.1. The molecule has 0 atom stereocenters. The summed E-state index contributed by atoms with van der Waals surface area (Å²) >= 11 is 3.35. The quantitative estimate of drug-likeness (QED) is 0.773. The highest BCUT2D eigenvalue weighted by Gasteiger charge is 1.99. The number of halogens is 1. The van der Waals surface area contributed by atoms with E-state index in [4.69, 9.17) is 5.26 Å². The maximum atomic E-state index is 8.93. The maximum absolute atomic E-state index is 8.93. The molecule has 0 radical (unpaired) electrons. The summed E-state index contributed by atoms with van der Waals surface area (Å²) in [5, 5.41) is 8.93. The molecule has 0 fully saturated rings. The fraction of sp³-hybridized carbons (Fsp3) is 0.250. The zero-order chi connectivity index (χ0) is 10.6. The van der Waals surface area contributed by atoms with Crippen LogP contribution in [0.4, 0.5) is 0 Å². The zero-order valence-electron chi connectivity index (χ0n) is 8.34. The van der Waals surface area contributed by atoms with Gasteiger partial charge in [0, 0.05) is 4.47 Å². The molecule has 0 aliphatic carbocycles. The first-order chi connectivity index (χ1) is 6.67. The van der Waals surface area contributed by atoms with Crippen LogP contribution in [0.2, 0.25) is 0 Å². The van der Waals surface area contributed by atoms with Gasteiger partial charge in [-0.1, -0.05) is 40.6 Å². The van der Waals surface area contributed by atoms with Crippen molar-refractivity contribution >= 4 is 22.0 Å². The average molecular weight is 250 g/mol. The molecule has 1 rings (SSSR count). The van der Waals surface area contributed by atoms with Gasteiger partial charge in [-0.05, 0) is 31.0 Å². The van der Waals surface area contributed by atoms with Gasteiger partial charge in [0.1, 0.15) is 0 Å². The van der Waals surface area contributed by atoms with Crippen molar-refractivity contribution in [1.82, 2.24) is 0 Å². The minimum absolute atomic E-state index is 0.715. The molecule has 72 valence electrons. The summed E-state index contributed by atoms with van der Waals surface area (Å²) in [5.41, 5.74) is 2.99. The molecule has 2 heteroatoms. The summed E-state index contributed by atoms with van der Waals surface area (Å²) in [7, 11) is 0. The van der Waals surface area contributed by atoms with Gasteiger partial charge >= 0.3 is 0 Å². The Morgan fingerprint density at radius 3 is 2.86 bits per heavy atom.